The van der Waals surface area contributed by atoms with E-state index in [0.29, 0.717) is 11.7 Å². The minimum Gasteiger partial charge on any atom is -0.342 e. The largest absolute Gasteiger partial charge is 0.342 e. The monoisotopic (exact) mass is 277 g/mol. The molecule has 0 aliphatic heterocycles. The van der Waals surface area contributed by atoms with Gasteiger partial charge in [0.05, 0.1) is 11.0 Å². The van der Waals surface area contributed by atoms with E-state index in [1.54, 1.807) is 12.4 Å². The molecule has 0 fully saturated rings. The zero-order valence-corrected chi connectivity index (χ0v) is 11.2. The lowest BCUT2D eigenvalue weighted by atomic mass is 10.2. The molecule has 21 heavy (non-hydrogen) atoms. The molecule has 0 bridgehead atoms. The second-order valence-corrected chi connectivity index (χ2v) is 4.72. The number of rotatable bonds is 2. The van der Waals surface area contributed by atoms with Gasteiger partial charge in [-0.15, -0.1) is 0 Å². The van der Waals surface area contributed by atoms with Crippen LogP contribution in [-0.2, 0) is 0 Å². The lowest BCUT2D eigenvalue weighted by Gasteiger charge is -1.94. The first-order chi connectivity index (χ1) is 10.3. The molecule has 3 aromatic heterocycles. The van der Waals surface area contributed by atoms with Gasteiger partial charge in [-0.3, -0.25) is 4.98 Å². The Morgan fingerprint density at radius 3 is 2.90 bits per heavy atom. The summed E-state index contributed by atoms with van der Waals surface area (Å²) < 4.78 is 5.34. The van der Waals surface area contributed by atoms with Crippen molar-refractivity contribution >= 4 is 11.0 Å². The zero-order valence-electron chi connectivity index (χ0n) is 11.2. The summed E-state index contributed by atoms with van der Waals surface area (Å²) in [5, 5.41) is 4.00. The van der Waals surface area contributed by atoms with Gasteiger partial charge in [-0.25, -0.2) is 4.98 Å². The Hall–Kier alpha value is -3.02. The van der Waals surface area contributed by atoms with Gasteiger partial charge in [0.15, 0.2) is 0 Å². The average Bonchev–Trinajstić information content (AvgIpc) is 3.12. The number of nitrogens with zero attached hydrogens (tertiary/aromatic N) is 4. The van der Waals surface area contributed by atoms with Crippen LogP contribution in [0.4, 0.5) is 0 Å². The number of aromatic nitrogens is 5. The Bertz CT molecular complexity index is 910. The zero-order chi connectivity index (χ0) is 14.2. The average molecular weight is 277 g/mol. The predicted octanol–water partition coefficient (Wildman–Crippen LogP) is 2.98. The fraction of sp³-hybridized carbons (Fsp3) is 0.0667. The van der Waals surface area contributed by atoms with Crippen LogP contribution in [0, 0.1) is 6.92 Å². The van der Waals surface area contributed by atoms with Crippen molar-refractivity contribution in [1.82, 2.24) is 25.1 Å². The van der Waals surface area contributed by atoms with Crippen LogP contribution in [0.1, 0.15) is 5.82 Å². The topological polar surface area (TPSA) is 80.5 Å². The third-order valence-corrected chi connectivity index (χ3v) is 3.19. The van der Waals surface area contributed by atoms with Crippen LogP contribution < -0.4 is 0 Å². The Kier molecular flexibility index (Phi) is 2.53. The molecule has 6 nitrogen and oxygen atoms in total. The molecule has 6 heteroatoms. The minimum absolute atomic E-state index is 0.475. The first-order valence-electron chi connectivity index (χ1n) is 6.50. The summed E-state index contributed by atoms with van der Waals surface area (Å²) in [4.78, 5) is 16.0. The van der Waals surface area contributed by atoms with Gasteiger partial charge in [-0.2, -0.15) is 4.98 Å². The highest BCUT2D eigenvalue weighted by atomic mass is 16.5. The van der Waals surface area contributed by atoms with Gasteiger partial charge in [0, 0.05) is 23.5 Å². The van der Waals surface area contributed by atoms with Crippen LogP contribution in [0.3, 0.4) is 0 Å². The number of pyridine rings is 1. The molecule has 0 radical (unpaired) electrons. The van der Waals surface area contributed by atoms with Crippen molar-refractivity contribution in [3.8, 4) is 22.8 Å². The van der Waals surface area contributed by atoms with Crippen molar-refractivity contribution in [3.63, 3.8) is 0 Å². The van der Waals surface area contributed by atoms with E-state index in [0.717, 1.165) is 28.0 Å². The number of aryl methyl sites for hydroxylation is 1. The third kappa shape index (κ3) is 2.06. The van der Waals surface area contributed by atoms with Crippen molar-refractivity contribution in [2.45, 2.75) is 6.92 Å². The first-order valence-corrected chi connectivity index (χ1v) is 6.50. The van der Waals surface area contributed by atoms with Crippen LogP contribution in [0.2, 0.25) is 0 Å². The second-order valence-electron chi connectivity index (χ2n) is 4.72. The molecule has 3 heterocycles. The van der Waals surface area contributed by atoms with Crippen molar-refractivity contribution in [2.24, 2.45) is 0 Å². The smallest absolute Gasteiger partial charge is 0.258 e. The maximum atomic E-state index is 5.34. The SMILES string of the molecule is Cc1nc2ccc(-c3nc(-c4cccnc4)no3)cc2[nH]1. The molecule has 1 N–H and O–H groups in total. The second kappa shape index (κ2) is 4.52. The van der Waals surface area contributed by atoms with Gasteiger partial charge in [-0.05, 0) is 37.3 Å². The summed E-state index contributed by atoms with van der Waals surface area (Å²) in [5.74, 6) is 1.88. The number of aromatic amines is 1. The number of H-pyrrole nitrogens is 1. The lowest BCUT2D eigenvalue weighted by molar-refractivity contribution is 0.432. The molecule has 0 atom stereocenters. The highest BCUT2D eigenvalue weighted by Crippen LogP contribution is 2.24. The van der Waals surface area contributed by atoms with E-state index < -0.39 is 0 Å². The molecule has 0 aliphatic carbocycles. The van der Waals surface area contributed by atoms with Crippen molar-refractivity contribution < 1.29 is 4.52 Å². The number of hydrogen-bond donors (Lipinski definition) is 1. The Labute approximate surface area is 119 Å². The van der Waals surface area contributed by atoms with E-state index in [1.165, 1.54) is 0 Å². The number of nitrogens with one attached hydrogen (secondary N) is 1. The quantitative estimate of drug-likeness (QED) is 0.609. The summed E-state index contributed by atoms with van der Waals surface area (Å²) in [7, 11) is 0. The summed E-state index contributed by atoms with van der Waals surface area (Å²) in [6.07, 6.45) is 3.41. The molecular formula is C15H11N5O. The Balaban J connectivity index is 1.77. The normalized spacial score (nSPS) is 11.1. The molecule has 0 amide bonds. The first kappa shape index (κ1) is 11.8. The van der Waals surface area contributed by atoms with Crippen LogP contribution in [0.15, 0.2) is 47.2 Å². The molecule has 0 saturated carbocycles. The van der Waals surface area contributed by atoms with E-state index in [-0.39, 0.29) is 0 Å². The molecule has 4 rings (SSSR count). The summed E-state index contributed by atoms with van der Waals surface area (Å²) in [6, 6.07) is 9.54. The van der Waals surface area contributed by atoms with E-state index in [2.05, 4.69) is 25.1 Å². The summed E-state index contributed by atoms with van der Waals surface area (Å²) in [6.45, 7) is 1.92. The van der Waals surface area contributed by atoms with E-state index >= 15 is 0 Å². The molecule has 1 aromatic carbocycles. The summed E-state index contributed by atoms with van der Waals surface area (Å²) in [5.41, 5.74) is 3.55. The van der Waals surface area contributed by atoms with Gasteiger partial charge in [0.25, 0.3) is 5.89 Å². The van der Waals surface area contributed by atoms with Gasteiger partial charge in [0.1, 0.15) is 5.82 Å². The fourth-order valence-electron chi connectivity index (χ4n) is 2.22. The van der Waals surface area contributed by atoms with Gasteiger partial charge < -0.3 is 9.51 Å². The van der Waals surface area contributed by atoms with Gasteiger partial charge >= 0.3 is 0 Å². The van der Waals surface area contributed by atoms with Gasteiger partial charge in [-0.1, -0.05) is 5.16 Å². The maximum Gasteiger partial charge on any atom is 0.258 e. The minimum atomic E-state index is 0.475. The lowest BCUT2D eigenvalue weighted by Crippen LogP contribution is -1.82. The highest BCUT2D eigenvalue weighted by molar-refractivity contribution is 5.80. The predicted molar refractivity (Wildman–Crippen MR) is 77.4 cm³/mol. The van der Waals surface area contributed by atoms with Crippen molar-refractivity contribution in [3.05, 3.63) is 48.5 Å². The number of benzene rings is 1. The van der Waals surface area contributed by atoms with E-state index in [9.17, 15) is 0 Å². The van der Waals surface area contributed by atoms with Crippen LogP contribution >= 0.6 is 0 Å². The fourth-order valence-corrected chi connectivity index (χ4v) is 2.22. The van der Waals surface area contributed by atoms with Crippen molar-refractivity contribution in [2.75, 3.05) is 0 Å². The molecular weight excluding hydrogens is 266 g/mol. The van der Waals surface area contributed by atoms with E-state index in [1.807, 2.05) is 37.3 Å². The highest BCUT2D eigenvalue weighted by Gasteiger charge is 2.11. The van der Waals surface area contributed by atoms with Crippen LogP contribution in [0.25, 0.3) is 33.9 Å². The Morgan fingerprint density at radius 1 is 1.10 bits per heavy atom. The van der Waals surface area contributed by atoms with Crippen molar-refractivity contribution in [1.29, 1.82) is 0 Å². The number of hydrogen-bond acceptors (Lipinski definition) is 5. The molecule has 4 aromatic rings. The standard InChI is InChI=1S/C15H11N5O/c1-9-17-12-5-4-10(7-13(12)18-9)15-19-14(20-21-15)11-3-2-6-16-8-11/h2-8H,1H3,(H,17,18). The van der Waals surface area contributed by atoms with Crippen LogP contribution in [-0.4, -0.2) is 25.1 Å². The number of imidazole rings is 1. The molecule has 102 valence electrons. The number of fused-ring (bicyclic) bond motifs is 1. The molecule has 0 spiro atoms. The molecule has 0 saturated heterocycles. The van der Waals surface area contributed by atoms with Gasteiger partial charge in [0.2, 0.25) is 5.82 Å². The third-order valence-electron chi connectivity index (χ3n) is 3.19. The Morgan fingerprint density at radius 2 is 2.05 bits per heavy atom. The maximum absolute atomic E-state index is 5.34. The van der Waals surface area contributed by atoms with Crippen LogP contribution in [0.5, 0.6) is 0 Å². The molecule has 0 unspecified atom stereocenters. The van der Waals surface area contributed by atoms with E-state index in [4.69, 9.17) is 4.52 Å². The molecule has 0 aliphatic rings. The summed E-state index contributed by atoms with van der Waals surface area (Å²) >= 11 is 0.